The second-order valence-electron chi connectivity index (χ2n) is 7.06. The monoisotopic (exact) mass is 489 g/mol. The van der Waals surface area contributed by atoms with Gasteiger partial charge in [-0.25, -0.2) is 0 Å². The Morgan fingerprint density at radius 1 is 1.30 bits per heavy atom. The molecule has 0 saturated carbocycles. The molecule has 1 N–H and O–H groups in total. The molecule has 0 aromatic heterocycles. The summed E-state index contributed by atoms with van der Waals surface area (Å²) in [6.07, 6.45) is 1.88. The predicted octanol–water partition coefficient (Wildman–Crippen LogP) is 2.76. The third-order valence-corrected chi connectivity index (χ3v) is 5.52. The molecule has 1 aromatic carbocycles. The first-order valence-electron chi connectivity index (χ1n) is 9.43. The zero-order valence-electron chi connectivity index (χ0n) is 16.6. The van der Waals surface area contributed by atoms with E-state index in [1.807, 2.05) is 7.05 Å². The van der Waals surface area contributed by atoms with Crippen LogP contribution in [0.3, 0.4) is 0 Å². The maximum atomic E-state index is 6.04. The molecule has 152 valence electrons. The summed E-state index contributed by atoms with van der Waals surface area (Å²) < 4.78 is 17.4. The van der Waals surface area contributed by atoms with Crippen molar-refractivity contribution in [1.82, 2.24) is 10.2 Å². The molecule has 2 fully saturated rings. The van der Waals surface area contributed by atoms with Crippen molar-refractivity contribution in [3.05, 3.63) is 35.4 Å². The second kappa shape index (κ2) is 10.6. The first-order valence-corrected chi connectivity index (χ1v) is 9.43. The number of guanidine groups is 1. The highest BCUT2D eigenvalue weighted by Gasteiger charge is 2.33. The summed E-state index contributed by atoms with van der Waals surface area (Å²) >= 11 is 0. The van der Waals surface area contributed by atoms with E-state index >= 15 is 0 Å². The van der Waals surface area contributed by atoms with Crippen molar-refractivity contribution in [3.63, 3.8) is 0 Å². The van der Waals surface area contributed by atoms with Crippen molar-refractivity contribution in [2.45, 2.75) is 31.5 Å². The maximum Gasteiger partial charge on any atom is 0.193 e. The topological polar surface area (TPSA) is 55.3 Å². The molecule has 3 rings (SSSR count). The van der Waals surface area contributed by atoms with Gasteiger partial charge in [0.15, 0.2) is 5.96 Å². The fourth-order valence-corrected chi connectivity index (χ4v) is 3.75. The molecule has 0 radical (unpaired) electrons. The number of morpholine rings is 1. The van der Waals surface area contributed by atoms with E-state index < -0.39 is 0 Å². The molecule has 2 saturated heterocycles. The molecule has 1 aromatic rings. The summed E-state index contributed by atoms with van der Waals surface area (Å²) in [7, 11) is 3.63. The molecule has 2 aliphatic heterocycles. The zero-order valence-corrected chi connectivity index (χ0v) is 18.9. The summed E-state index contributed by atoms with van der Waals surface area (Å²) in [5.74, 6) is 0.912. The van der Waals surface area contributed by atoms with Crippen LogP contribution in [0, 0.1) is 6.92 Å². The molecule has 0 aliphatic carbocycles. The van der Waals surface area contributed by atoms with Crippen LogP contribution >= 0.6 is 24.0 Å². The van der Waals surface area contributed by atoms with Gasteiger partial charge in [0.2, 0.25) is 0 Å². The number of aliphatic imine (C=N–C) groups is 1. The van der Waals surface area contributed by atoms with Gasteiger partial charge < -0.3 is 24.4 Å². The average Bonchev–Trinajstić information content (AvgIpc) is 2.70. The first-order chi connectivity index (χ1) is 12.7. The van der Waals surface area contributed by atoms with Gasteiger partial charge in [-0.15, -0.1) is 24.0 Å². The SMILES string of the molecule is CN=C(NCC1(OC)CCOCC1)N1CCOC(c2ccccc2C)C1.I. The van der Waals surface area contributed by atoms with Crippen molar-refractivity contribution in [3.8, 4) is 0 Å². The Kier molecular flexibility index (Phi) is 8.78. The lowest BCUT2D eigenvalue weighted by molar-refractivity contribution is -0.0860. The lowest BCUT2D eigenvalue weighted by Gasteiger charge is -2.39. The predicted molar refractivity (Wildman–Crippen MR) is 118 cm³/mol. The van der Waals surface area contributed by atoms with E-state index in [0.717, 1.165) is 51.6 Å². The van der Waals surface area contributed by atoms with Crippen LogP contribution in [0.25, 0.3) is 0 Å². The first kappa shape index (κ1) is 22.4. The van der Waals surface area contributed by atoms with Gasteiger partial charge in [0.25, 0.3) is 0 Å². The van der Waals surface area contributed by atoms with Crippen LogP contribution in [-0.2, 0) is 14.2 Å². The molecule has 7 heteroatoms. The fraction of sp³-hybridized carbons (Fsp3) is 0.650. The number of hydrogen-bond donors (Lipinski definition) is 1. The number of rotatable bonds is 4. The van der Waals surface area contributed by atoms with E-state index in [0.29, 0.717) is 6.61 Å². The number of nitrogens with zero attached hydrogens (tertiary/aromatic N) is 2. The molecule has 27 heavy (non-hydrogen) atoms. The highest BCUT2D eigenvalue weighted by molar-refractivity contribution is 14.0. The third kappa shape index (κ3) is 5.56. The van der Waals surface area contributed by atoms with E-state index in [1.165, 1.54) is 11.1 Å². The standard InChI is InChI=1S/C20H31N3O3.HI/c1-16-6-4-5-7-17(16)18-14-23(10-13-26-18)19(21-2)22-15-20(24-3)8-11-25-12-9-20;/h4-7,18H,8-15H2,1-3H3,(H,21,22);1H. The summed E-state index contributed by atoms with van der Waals surface area (Å²) in [5, 5.41) is 3.53. The lowest BCUT2D eigenvalue weighted by atomic mass is 9.94. The molecular formula is C20H32IN3O3. The molecule has 2 aliphatic rings. The van der Waals surface area contributed by atoms with Crippen LogP contribution in [0.15, 0.2) is 29.3 Å². The normalized spacial score (nSPS) is 22.9. The molecule has 0 amide bonds. The van der Waals surface area contributed by atoms with Gasteiger partial charge in [0.05, 0.1) is 18.8 Å². The van der Waals surface area contributed by atoms with Crippen LogP contribution in [0.1, 0.15) is 30.1 Å². The Labute approximate surface area is 179 Å². The van der Waals surface area contributed by atoms with E-state index in [2.05, 4.69) is 46.4 Å². The second-order valence-corrected chi connectivity index (χ2v) is 7.06. The quantitative estimate of drug-likeness (QED) is 0.401. The minimum absolute atomic E-state index is 0. The number of benzene rings is 1. The molecule has 1 atom stereocenters. The van der Waals surface area contributed by atoms with Crippen LogP contribution in [0.5, 0.6) is 0 Å². The van der Waals surface area contributed by atoms with Crippen LogP contribution in [0.4, 0.5) is 0 Å². The lowest BCUT2D eigenvalue weighted by Crippen LogP contribution is -2.54. The number of methoxy groups -OCH3 is 1. The summed E-state index contributed by atoms with van der Waals surface area (Å²) in [6.45, 7) is 6.72. The summed E-state index contributed by atoms with van der Waals surface area (Å²) in [6, 6.07) is 8.43. The van der Waals surface area contributed by atoms with E-state index in [4.69, 9.17) is 14.2 Å². The van der Waals surface area contributed by atoms with Gasteiger partial charge in [0, 0.05) is 53.3 Å². The van der Waals surface area contributed by atoms with Gasteiger partial charge in [-0.2, -0.15) is 0 Å². The summed E-state index contributed by atoms with van der Waals surface area (Å²) in [4.78, 5) is 6.78. The molecule has 1 unspecified atom stereocenters. The molecule has 0 bridgehead atoms. The van der Waals surface area contributed by atoms with Crippen LogP contribution in [-0.4, -0.2) is 70.1 Å². The van der Waals surface area contributed by atoms with Crippen molar-refractivity contribution in [2.24, 2.45) is 4.99 Å². The highest BCUT2D eigenvalue weighted by Crippen LogP contribution is 2.26. The zero-order chi connectivity index (χ0) is 18.4. The van der Waals surface area contributed by atoms with Gasteiger partial charge in [-0.1, -0.05) is 24.3 Å². The number of halogens is 1. The Bertz CT molecular complexity index is 620. The molecule has 2 heterocycles. The van der Waals surface area contributed by atoms with Gasteiger partial charge in [0.1, 0.15) is 6.10 Å². The summed E-state index contributed by atoms with van der Waals surface area (Å²) in [5.41, 5.74) is 2.35. The Hall–Kier alpha value is -0.900. The van der Waals surface area contributed by atoms with E-state index in [1.54, 1.807) is 7.11 Å². The Morgan fingerprint density at radius 2 is 2.04 bits per heavy atom. The molecule has 6 nitrogen and oxygen atoms in total. The van der Waals surface area contributed by atoms with Crippen LogP contribution < -0.4 is 5.32 Å². The van der Waals surface area contributed by atoms with Gasteiger partial charge >= 0.3 is 0 Å². The highest BCUT2D eigenvalue weighted by atomic mass is 127. The largest absolute Gasteiger partial charge is 0.381 e. The van der Waals surface area contributed by atoms with Crippen molar-refractivity contribution in [1.29, 1.82) is 0 Å². The van der Waals surface area contributed by atoms with E-state index in [9.17, 15) is 0 Å². The van der Waals surface area contributed by atoms with Gasteiger partial charge in [-0.3, -0.25) is 4.99 Å². The minimum Gasteiger partial charge on any atom is -0.381 e. The number of ether oxygens (including phenoxy) is 3. The number of hydrogen-bond acceptors (Lipinski definition) is 4. The maximum absolute atomic E-state index is 6.04. The van der Waals surface area contributed by atoms with Crippen molar-refractivity contribution >= 4 is 29.9 Å². The Balaban J connectivity index is 0.00000261. The minimum atomic E-state index is -0.171. The molecular weight excluding hydrogens is 457 g/mol. The number of nitrogens with one attached hydrogen (secondary N) is 1. The Morgan fingerprint density at radius 3 is 2.70 bits per heavy atom. The van der Waals surface area contributed by atoms with Crippen molar-refractivity contribution in [2.75, 3.05) is 53.6 Å². The smallest absolute Gasteiger partial charge is 0.193 e. The van der Waals surface area contributed by atoms with Crippen LogP contribution in [0.2, 0.25) is 0 Å². The fourth-order valence-electron chi connectivity index (χ4n) is 3.75. The average molecular weight is 489 g/mol. The van der Waals surface area contributed by atoms with Gasteiger partial charge in [-0.05, 0) is 18.1 Å². The molecule has 0 spiro atoms. The number of aryl methyl sites for hydroxylation is 1. The van der Waals surface area contributed by atoms with Crippen molar-refractivity contribution < 1.29 is 14.2 Å². The third-order valence-electron chi connectivity index (χ3n) is 5.52. The van der Waals surface area contributed by atoms with E-state index in [-0.39, 0.29) is 35.7 Å².